The first kappa shape index (κ1) is 19.8. The van der Waals surface area contributed by atoms with Crippen LogP contribution in [0.4, 0.5) is 4.79 Å². The van der Waals surface area contributed by atoms with Crippen LogP contribution < -0.4 is 10.1 Å². The van der Waals surface area contributed by atoms with E-state index in [9.17, 15) is 4.79 Å². The predicted octanol–water partition coefficient (Wildman–Crippen LogP) is 5.16. The lowest BCUT2D eigenvalue weighted by Gasteiger charge is -2.33. The van der Waals surface area contributed by atoms with Gasteiger partial charge in [-0.1, -0.05) is 29.8 Å². The lowest BCUT2D eigenvalue weighted by molar-refractivity contribution is 0.0408. The van der Waals surface area contributed by atoms with Crippen LogP contribution in [0.2, 0.25) is 0 Å². The predicted molar refractivity (Wildman–Crippen MR) is 96.9 cm³/mol. The molecule has 1 aromatic rings. The molecule has 0 fully saturated rings. The standard InChI is InChI=1S/C18H28BrNO3/c1-13(2)11-18(6,20-16(21)23-17(3,4)5)12-22-15-9-7-14(19)8-10-15/h7-10,13H,11-12H2,1-6H3,(H,20,21). The van der Waals surface area contributed by atoms with E-state index >= 15 is 0 Å². The maximum absolute atomic E-state index is 12.1. The minimum atomic E-state index is -0.518. The van der Waals surface area contributed by atoms with Gasteiger partial charge >= 0.3 is 6.09 Å². The van der Waals surface area contributed by atoms with E-state index in [1.54, 1.807) is 0 Å². The molecule has 4 nitrogen and oxygen atoms in total. The smallest absolute Gasteiger partial charge is 0.408 e. The molecular weight excluding hydrogens is 358 g/mol. The Labute approximate surface area is 148 Å². The third kappa shape index (κ3) is 8.26. The Morgan fingerprint density at radius 3 is 2.22 bits per heavy atom. The molecule has 0 aliphatic heterocycles. The number of hydrogen-bond donors (Lipinski definition) is 1. The van der Waals surface area contributed by atoms with Gasteiger partial charge in [0.1, 0.15) is 18.0 Å². The van der Waals surface area contributed by atoms with Crippen LogP contribution in [0.25, 0.3) is 0 Å². The second-order valence-electron chi connectivity index (χ2n) is 7.53. The number of halogens is 1. The SMILES string of the molecule is CC(C)CC(C)(COc1ccc(Br)cc1)NC(=O)OC(C)(C)C. The first-order valence-corrected chi connectivity index (χ1v) is 8.68. The number of rotatable bonds is 6. The van der Waals surface area contributed by atoms with Crippen LogP contribution in [0.1, 0.15) is 48.0 Å². The summed E-state index contributed by atoms with van der Waals surface area (Å²) in [5.74, 6) is 1.19. The molecule has 1 amide bonds. The van der Waals surface area contributed by atoms with E-state index in [0.29, 0.717) is 12.5 Å². The fourth-order valence-electron chi connectivity index (χ4n) is 2.37. The monoisotopic (exact) mass is 385 g/mol. The summed E-state index contributed by atoms with van der Waals surface area (Å²) in [5.41, 5.74) is -1.01. The van der Waals surface area contributed by atoms with Crippen molar-refractivity contribution in [1.82, 2.24) is 5.32 Å². The molecule has 0 bridgehead atoms. The van der Waals surface area contributed by atoms with Crippen molar-refractivity contribution in [3.63, 3.8) is 0 Å². The molecule has 0 aromatic heterocycles. The van der Waals surface area contributed by atoms with Gasteiger partial charge in [0, 0.05) is 4.47 Å². The van der Waals surface area contributed by atoms with E-state index in [2.05, 4.69) is 35.1 Å². The van der Waals surface area contributed by atoms with Gasteiger partial charge in [-0.15, -0.1) is 0 Å². The molecule has 1 N–H and O–H groups in total. The summed E-state index contributed by atoms with van der Waals surface area (Å²) >= 11 is 3.40. The van der Waals surface area contributed by atoms with Crippen LogP contribution in [0, 0.1) is 5.92 Å². The van der Waals surface area contributed by atoms with Gasteiger partial charge in [0.05, 0.1) is 5.54 Å². The normalized spacial score (nSPS) is 14.3. The average molecular weight is 386 g/mol. The second kappa shape index (κ2) is 8.04. The minimum absolute atomic E-state index is 0.381. The Hall–Kier alpha value is -1.23. The molecule has 0 heterocycles. The zero-order valence-electron chi connectivity index (χ0n) is 14.9. The van der Waals surface area contributed by atoms with Crippen LogP contribution >= 0.6 is 15.9 Å². The van der Waals surface area contributed by atoms with Gasteiger partial charge in [0.2, 0.25) is 0 Å². The summed E-state index contributed by atoms with van der Waals surface area (Å²) < 4.78 is 12.2. The van der Waals surface area contributed by atoms with Crippen molar-refractivity contribution in [3.8, 4) is 5.75 Å². The molecule has 0 spiro atoms. The van der Waals surface area contributed by atoms with Gasteiger partial charge in [-0.2, -0.15) is 0 Å². The minimum Gasteiger partial charge on any atom is -0.491 e. The summed E-state index contributed by atoms with van der Waals surface area (Å²) in [7, 11) is 0. The van der Waals surface area contributed by atoms with Crippen LogP contribution in [0.5, 0.6) is 5.75 Å². The summed E-state index contributed by atoms with van der Waals surface area (Å²) in [6.07, 6.45) is 0.378. The van der Waals surface area contributed by atoms with Crippen LogP contribution in [-0.2, 0) is 4.74 Å². The Bertz CT molecular complexity index is 508. The molecule has 1 rings (SSSR count). The zero-order chi connectivity index (χ0) is 17.7. The fourth-order valence-corrected chi connectivity index (χ4v) is 2.63. The van der Waals surface area contributed by atoms with Gasteiger partial charge < -0.3 is 14.8 Å². The molecule has 1 atom stereocenters. The number of hydrogen-bond acceptors (Lipinski definition) is 3. The Morgan fingerprint density at radius 2 is 1.74 bits per heavy atom. The third-order valence-electron chi connectivity index (χ3n) is 3.03. The van der Waals surface area contributed by atoms with E-state index in [1.165, 1.54) is 0 Å². The number of carbonyl (C=O) groups excluding carboxylic acids is 1. The van der Waals surface area contributed by atoms with Gasteiger partial charge in [0.25, 0.3) is 0 Å². The molecule has 1 unspecified atom stereocenters. The van der Waals surface area contributed by atoms with E-state index in [0.717, 1.165) is 16.6 Å². The second-order valence-corrected chi connectivity index (χ2v) is 8.44. The quantitative estimate of drug-likeness (QED) is 0.735. The van der Waals surface area contributed by atoms with Gasteiger partial charge in [-0.25, -0.2) is 4.79 Å². The van der Waals surface area contributed by atoms with Crippen molar-refractivity contribution < 1.29 is 14.3 Å². The maximum atomic E-state index is 12.1. The zero-order valence-corrected chi connectivity index (χ0v) is 16.5. The lowest BCUT2D eigenvalue weighted by atomic mass is 9.91. The topological polar surface area (TPSA) is 47.6 Å². The number of ether oxygens (including phenoxy) is 2. The molecule has 0 saturated heterocycles. The van der Waals surface area contributed by atoms with Gasteiger partial charge in [-0.3, -0.25) is 0 Å². The molecule has 0 aliphatic carbocycles. The fraction of sp³-hybridized carbons (Fsp3) is 0.611. The molecule has 0 radical (unpaired) electrons. The van der Waals surface area contributed by atoms with Crippen LogP contribution in [-0.4, -0.2) is 23.8 Å². The molecule has 23 heavy (non-hydrogen) atoms. The number of carbonyl (C=O) groups is 1. The van der Waals surface area contributed by atoms with Crippen LogP contribution in [0.3, 0.4) is 0 Å². The Balaban J connectivity index is 2.72. The molecular formula is C18H28BrNO3. The van der Waals surface area contributed by atoms with Crippen molar-refractivity contribution in [2.24, 2.45) is 5.92 Å². The Kier molecular flexibility index (Phi) is 6.93. The van der Waals surface area contributed by atoms with Crippen molar-refractivity contribution in [1.29, 1.82) is 0 Å². The maximum Gasteiger partial charge on any atom is 0.408 e. The van der Waals surface area contributed by atoms with E-state index in [1.807, 2.05) is 52.0 Å². The van der Waals surface area contributed by atoms with Crippen molar-refractivity contribution in [3.05, 3.63) is 28.7 Å². The molecule has 130 valence electrons. The highest BCUT2D eigenvalue weighted by molar-refractivity contribution is 9.10. The van der Waals surface area contributed by atoms with Gasteiger partial charge in [0.15, 0.2) is 0 Å². The van der Waals surface area contributed by atoms with Gasteiger partial charge in [-0.05, 0) is 64.3 Å². The summed E-state index contributed by atoms with van der Waals surface area (Å²) in [4.78, 5) is 12.1. The van der Waals surface area contributed by atoms with Crippen molar-refractivity contribution in [2.75, 3.05) is 6.61 Å². The summed E-state index contributed by atoms with van der Waals surface area (Å²) in [6.45, 7) is 12.2. The molecule has 5 heteroatoms. The average Bonchev–Trinajstić information content (AvgIpc) is 2.34. The van der Waals surface area contributed by atoms with E-state index < -0.39 is 17.2 Å². The summed E-state index contributed by atoms with van der Waals surface area (Å²) in [5, 5.41) is 2.97. The van der Waals surface area contributed by atoms with Crippen molar-refractivity contribution in [2.45, 2.75) is 59.1 Å². The number of amides is 1. The first-order valence-electron chi connectivity index (χ1n) is 7.89. The molecule has 0 saturated carbocycles. The van der Waals surface area contributed by atoms with Crippen molar-refractivity contribution >= 4 is 22.0 Å². The number of alkyl carbamates (subject to hydrolysis) is 1. The highest BCUT2D eigenvalue weighted by Gasteiger charge is 2.30. The first-order chi connectivity index (χ1) is 10.5. The number of benzene rings is 1. The molecule has 0 aliphatic rings. The number of nitrogens with one attached hydrogen (secondary N) is 1. The highest BCUT2D eigenvalue weighted by Crippen LogP contribution is 2.22. The molecule has 1 aromatic carbocycles. The summed E-state index contributed by atoms with van der Waals surface area (Å²) in [6, 6.07) is 7.65. The van der Waals surface area contributed by atoms with E-state index in [-0.39, 0.29) is 0 Å². The third-order valence-corrected chi connectivity index (χ3v) is 3.56. The lowest BCUT2D eigenvalue weighted by Crippen LogP contribution is -2.52. The van der Waals surface area contributed by atoms with Crippen LogP contribution in [0.15, 0.2) is 28.7 Å². The largest absolute Gasteiger partial charge is 0.491 e. The van der Waals surface area contributed by atoms with E-state index in [4.69, 9.17) is 9.47 Å². The highest BCUT2D eigenvalue weighted by atomic mass is 79.9. The Morgan fingerprint density at radius 1 is 1.17 bits per heavy atom.